The average molecular weight is 393 g/mol. The van der Waals surface area contributed by atoms with E-state index in [0.29, 0.717) is 0 Å². The van der Waals surface area contributed by atoms with E-state index in [1.807, 2.05) is 36.5 Å². The number of allylic oxidation sites excluding steroid dienone is 4. The molecule has 0 bridgehead atoms. The van der Waals surface area contributed by atoms with Crippen molar-refractivity contribution in [2.45, 2.75) is 6.42 Å². The first-order valence-corrected chi connectivity index (χ1v) is 10.1. The van der Waals surface area contributed by atoms with Crippen LogP contribution in [0.5, 0.6) is 0 Å². The van der Waals surface area contributed by atoms with E-state index < -0.39 is 0 Å². The number of aromatic nitrogens is 4. The average Bonchev–Trinajstić information content (AvgIpc) is 3.08. The zero-order chi connectivity index (χ0) is 20.5. The van der Waals surface area contributed by atoms with Crippen LogP contribution in [-0.2, 0) is 0 Å². The number of nitrogens with zero attached hydrogens (tertiary/aromatic N) is 4. The smallest absolute Gasteiger partial charge is 0.0969 e. The Morgan fingerprint density at radius 3 is 2.60 bits per heavy atom. The summed E-state index contributed by atoms with van der Waals surface area (Å²) in [5.74, 6) is 0. The van der Waals surface area contributed by atoms with Gasteiger partial charge in [0.25, 0.3) is 0 Å². The van der Waals surface area contributed by atoms with Crippen molar-refractivity contribution in [3.63, 3.8) is 0 Å². The van der Waals surface area contributed by atoms with Gasteiger partial charge in [-0.25, -0.2) is 9.97 Å². The lowest BCUT2D eigenvalue weighted by atomic mass is 10.0. The molecule has 0 amide bonds. The first-order chi connectivity index (χ1) is 14.7. The summed E-state index contributed by atoms with van der Waals surface area (Å²) < 4.78 is 0. The van der Waals surface area contributed by atoms with E-state index in [-0.39, 0.29) is 0 Å². The lowest BCUT2D eigenvalue weighted by Crippen LogP contribution is -2.14. The monoisotopic (exact) mass is 393 g/mol. The van der Waals surface area contributed by atoms with E-state index in [1.165, 1.54) is 5.57 Å². The van der Waals surface area contributed by atoms with Gasteiger partial charge in [-0.05, 0) is 43.8 Å². The Hall–Kier alpha value is -3.57. The van der Waals surface area contributed by atoms with Gasteiger partial charge in [0, 0.05) is 17.5 Å². The molecule has 0 atom stereocenters. The van der Waals surface area contributed by atoms with Crippen LogP contribution in [0.4, 0.5) is 0 Å². The topological polar surface area (TPSA) is 57.7 Å². The molecule has 0 aliphatic heterocycles. The van der Waals surface area contributed by atoms with Gasteiger partial charge in [0.1, 0.15) is 0 Å². The van der Waals surface area contributed by atoms with Crippen molar-refractivity contribution in [3.8, 4) is 11.3 Å². The van der Waals surface area contributed by atoms with Crippen molar-refractivity contribution in [2.75, 3.05) is 20.6 Å². The molecule has 2 aromatic heterocycles. The lowest BCUT2D eigenvalue weighted by molar-refractivity contribution is 0.449. The van der Waals surface area contributed by atoms with Crippen LogP contribution in [0.3, 0.4) is 0 Å². The SMILES string of the molecule is CN(C)CC1=CC=C(c2nc3cc4[nH]ncc4cc3nc2-c2ccccc2)CC=C1. The fourth-order valence-electron chi connectivity index (χ4n) is 3.83. The van der Waals surface area contributed by atoms with Crippen LogP contribution in [0.25, 0.3) is 38.8 Å². The number of hydrogen-bond acceptors (Lipinski definition) is 4. The van der Waals surface area contributed by atoms with E-state index in [1.54, 1.807) is 0 Å². The summed E-state index contributed by atoms with van der Waals surface area (Å²) in [6, 6.07) is 14.4. The minimum absolute atomic E-state index is 0.819. The summed E-state index contributed by atoms with van der Waals surface area (Å²) in [6.07, 6.45) is 11.4. The maximum atomic E-state index is 5.08. The molecule has 0 saturated heterocycles. The Bertz CT molecular complexity index is 1310. The van der Waals surface area contributed by atoms with Crippen molar-refractivity contribution >= 4 is 27.5 Å². The maximum absolute atomic E-state index is 5.08. The molecular weight excluding hydrogens is 370 g/mol. The van der Waals surface area contributed by atoms with Crippen molar-refractivity contribution in [3.05, 3.63) is 84.2 Å². The van der Waals surface area contributed by atoms with Crippen molar-refractivity contribution in [1.29, 1.82) is 0 Å². The molecule has 5 rings (SSSR count). The van der Waals surface area contributed by atoms with Crippen molar-refractivity contribution in [2.24, 2.45) is 0 Å². The van der Waals surface area contributed by atoms with E-state index in [2.05, 4.69) is 65.6 Å². The fraction of sp³-hybridized carbons (Fsp3) is 0.160. The normalized spacial score (nSPS) is 14.2. The van der Waals surface area contributed by atoms with Crippen LogP contribution < -0.4 is 0 Å². The molecule has 0 saturated carbocycles. The third kappa shape index (κ3) is 3.55. The number of likely N-dealkylation sites (N-methyl/N-ethyl adjacent to an activating group) is 1. The number of fused-ring (bicyclic) bond motifs is 2. The highest BCUT2D eigenvalue weighted by atomic mass is 15.1. The molecule has 0 radical (unpaired) electrons. The molecule has 2 heterocycles. The molecule has 4 aromatic rings. The van der Waals surface area contributed by atoms with Crippen LogP contribution in [0, 0.1) is 0 Å². The van der Waals surface area contributed by atoms with Crippen LogP contribution in [0.1, 0.15) is 12.1 Å². The van der Waals surface area contributed by atoms with Gasteiger partial charge in [0.15, 0.2) is 0 Å². The van der Waals surface area contributed by atoms with Crippen molar-refractivity contribution in [1.82, 2.24) is 25.1 Å². The highest BCUT2D eigenvalue weighted by Crippen LogP contribution is 2.32. The maximum Gasteiger partial charge on any atom is 0.0969 e. The highest BCUT2D eigenvalue weighted by molar-refractivity contribution is 5.94. The predicted molar refractivity (Wildman–Crippen MR) is 123 cm³/mol. The van der Waals surface area contributed by atoms with Gasteiger partial charge in [-0.1, -0.05) is 54.6 Å². The van der Waals surface area contributed by atoms with Gasteiger partial charge in [-0.15, -0.1) is 0 Å². The molecule has 148 valence electrons. The van der Waals surface area contributed by atoms with Gasteiger partial charge >= 0.3 is 0 Å². The van der Waals surface area contributed by atoms with E-state index >= 15 is 0 Å². The standard InChI is InChI=1S/C25H23N5/c1-30(2)16-17-7-6-10-19(12-11-17)25-24(18-8-4-3-5-9-18)27-22-13-20-15-26-29-21(20)14-23(22)28-25/h3-9,11-15H,10,16H2,1-2H3,(H,26,29). The van der Waals surface area contributed by atoms with Gasteiger partial charge in [-0.3, -0.25) is 5.10 Å². The molecule has 1 aliphatic rings. The van der Waals surface area contributed by atoms with E-state index in [9.17, 15) is 0 Å². The number of rotatable bonds is 4. The fourth-order valence-corrected chi connectivity index (χ4v) is 3.83. The number of hydrogen-bond donors (Lipinski definition) is 1. The molecule has 2 aromatic carbocycles. The first-order valence-electron chi connectivity index (χ1n) is 10.1. The number of H-pyrrole nitrogens is 1. The Kier molecular flexibility index (Phi) is 4.73. The molecule has 1 N–H and O–H groups in total. The largest absolute Gasteiger partial charge is 0.305 e. The second kappa shape index (κ2) is 7.69. The predicted octanol–water partition coefficient (Wildman–Crippen LogP) is 5.00. The molecular formula is C25H23N5. The minimum Gasteiger partial charge on any atom is -0.305 e. The van der Waals surface area contributed by atoms with Crippen LogP contribution in [0.2, 0.25) is 0 Å². The molecule has 0 unspecified atom stereocenters. The van der Waals surface area contributed by atoms with Crippen LogP contribution in [-0.4, -0.2) is 45.7 Å². The Morgan fingerprint density at radius 2 is 1.77 bits per heavy atom. The zero-order valence-corrected chi connectivity index (χ0v) is 17.1. The Morgan fingerprint density at radius 1 is 0.967 bits per heavy atom. The summed E-state index contributed by atoms with van der Waals surface area (Å²) in [7, 11) is 4.17. The quantitative estimate of drug-likeness (QED) is 0.530. The Balaban J connectivity index is 1.71. The summed E-state index contributed by atoms with van der Waals surface area (Å²) in [5.41, 5.74) is 8.07. The summed E-state index contributed by atoms with van der Waals surface area (Å²) in [6.45, 7) is 0.910. The third-order valence-electron chi connectivity index (χ3n) is 5.24. The summed E-state index contributed by atoms with van der Waals surface area (Å²) in [5, 5.41) is 8.22. The second-order valence-corrected chi connectivity index (χ2v) is 7.86. The third-order valence-corrected chi connectivity index (χ3v) is 5.24. The van der Waals surface area contributed by atoms with Gasteiger partial charge < -0.3 is 4.90 Å². The summed E-state index contributed by atoms with van der Waals surface area (Å²) >= 11 is 0. The van der Waals surface area contributed by atoms with Crippen molar-refractivity contribution < 1.29 is 0 Å². The molecule has 0 spiro atoms. The minimum atomic E-state index is 0.819. The molecule has 30 heavy (non-hydrogen) atoms. The van der Waals surface area contributed by atoms with Gasteiger partial charge in [0.2, 0.25) is 0 Å². The number of benzene rings is 2. The zero-order valence-electron chi connectivity index (χ0n) is 17.1. The Labute approximate surface area is 175 Å². The molecule has 5 nitrogen and oxygen atoms in total. The molecule has 1 aliphatic carbocycles. The summed E-state index contributed by atoms with van der Waals surface area (Å²) in [4.78, 5) is 12.3. The van der Waals surface area contributed by atoms with E-state index in [4.69, 9.17) is 9.97 Å². The van der Waals surface area contributed by atoms with E-state index in [0.717, 1.165) is 57.4 Å². The second-order valence-electron chi connectivity index (χ2n) is 7.86. The number of nitrogens with one attached hydrogen (secondary N) is 1. The van der Waals surface area contributed by atoms with Crippen LogP contribution >= 0.6 is 0 Å². The molecule has 5 heteroatoms. The number of aromatic amines is 1. The van der Waals surface area contributed by atoms with Gasteiger partial charge in [-0.2, -0.15) is 5.10 Å². The van der Waals surface area contributed by atoms with Crippen LogP contribution in [0.15, 0.2) is 78.5 Å². The first kappa shape index (κ1) is 18.5. The van der Waals surface area contributed by atoms with Gasteiger partial charge in [0.05, 0.1) is 34.1 Å². The lowest BCUT2D eigenvalue weighted by Gasteiger charge is -2.12. The molecule has 0 fully saturated rings. The highest BCUT2D eigenvalue weighted by Gasteiger charge is 2.16.